The van der Waals surface area contributed by atoms with Gasteiger partial charge in [0.1, 0.15) is 0 Å². The van der Waals surface area contributed by atoms with Crippen LogP contribution in [0.15, 0.2) is 11.6 Å². The molecule has 0 aliphatic carbocycles. The van der Waals surface area contributed by atoms with Crippen molar-refractivity contribution < 1.29 is 4.74 Å². The van der Waals surface area contributed by atoms with Crippen molar-refractivity contribution in [2.45, 2.75) is 40.2 Å². The van der Waals surface area contributed by atoms with Crippen LogP contribution >= 0.6 is 0 Å². The van der Waals surface area contributed by atoms with E-state index in [1.807, 2.05) is 0 Å². The largest absolute Gasteiger partial charge is 0.373 e. The van der Waals surface area contributed by atoms with Gasteiger partial charge in [-0.25, -0.2) is 0 Å². The van der Waals surface area contributed by atoms with E-state index in [-0.39, 0.29) is 5.41 Å². The predicted octanol–water partition coefficient (Wildman–Crippen LogP) is 2.77. The second kappa shape index (κ2) is 2.98. The molecule has 0 aromatic rings. The van der Waals surface area contributed by atoms with E-state index in [0.29, 0.717) is 6.10 Å². The first-order valence-electron chi connectivity index (χ1n) is 4.27. The molecular formula is C10H18O. The average Bonchev–Trinajstić information content (AvgIpc) is 1.86. The monoisotopic (exact) mass is 154 g/mol. The van der Waals surface area contributed by atoms with Crippen LogP contribution in [0.5, 0.6) is 0 Å². The summed E-state index contributed by atoms with van der Waals surface area (Å²) in [6.07, 6.45) is 3.68. The van der Waals surface area contributed by atoms with Gasteiger partial charge in [0.05, 0.1) is 12.7 Å². The summed E-state index contributed by atoms with van der Waals surface area (Å²) in [5.41, 5.74) is 1.76. The molecule has 0 unspecified atom stereocenters. The van der Waals surface area contributed by atoms with Gasteiger partial charge in [-0.15, -0.1) is 0 Å². The molecule has 1 aliphatic heterocycles. The zero-order valence-electron chi connectivity index (χ0n) is 7.98. The summed E-state index contributed by atoms with van der Waals surface area (Å²) < 4.78 is 5.64. The highest BCUT2D eigenvalue weighted by Gasteiger charge is 2.26. The molecule has 0 amide bonds. The van der Waals surface area contributed by atoms with Crippen molar-refractivity contribution in [2.24, 2.45) is 5.41 Å². The Morgan fingerprint density at radius 2 is 2.09 bits per heavy atom. The lowest BCUT2D eigenvalue weighted by Gasteiger charge is -2.33. The van der Waals surface area contributed by atoms with Crippen LogP contribution < -0.4 is 0 Å². The van der Waals surface area contributed by atoms with Gasteiger partial charge in [0.2, 0.25) is 0 Å². The normalized spacial score (nSPS) is 26.5. The van der Waals surface area contributed by atoms with Gasteiger partial charge < -0.3 is 4.74 Å². The minimum Gasteiger partial charge on any atom is -0.373 e. The van der Waals surface area contributed by atoms with Crippen molar-refractivity contribution in [1.29, 1.82) is 0 Å². The van der Waals surface area contributed by atoms with Gasteiger partial charge in [0, 0.05) is 0 Å². The zero-order valence-corrected chi connectivity index (χ0v) is 7.98. The van der Waals surface area contributed by atoms with Crippen LogP contribution in [0.2, 0.25) is 0 Å². The maximum Gasteiger partial charge on any atom is 0.0664 e. The molecule has 0 radical (unpaired) electrons. The van der Waals surface area contributed by atoms with Gasteiger partial charge >= 0.3 is 0 Å². The van der Waals surface area contributed by atoms with Crippen molar-refractivity contribution >= 4 is 0 Å². The molecule has 1 nitrogen and oxygen atoms in total. The molecule has 1 heteroatoms. The first-order chi connectivity index (χ1) is 5.00. The summed E-state index contributed by atoms with van der Waals surface area (Å²) in [6, 6.07) is 0. The van der Waals surface area contributed by atoms with Crippen LogP contribution in [0.1, 0.15) is 34.1 Å². The van der Waals surface area contributed by atoms with Gasteiger partial charge in [0.15, 0.2) is 0 Å². The summed E-state index contributed by atoms with van der Waals surface area (Å²) in [4.78, 5) is 0. The summed E-state index contributed by atoms with van der Waals surface area (Å²) in [5.74, 6) is 0. The van der Waals surface area contributed by atoms with E-state index < -0.39 is 0 Å². The molecule has 1 heterocycles. The molecule has 0 spiro atoms. The summed E-state index contributed by atoms with van der Waals surface area (Å²) in [7, 11) is 0. The van der Waals surface area contributed by atoms with Crippen LogP contribution in [-0.4, -0.2) is 12.7 Å². The minimum absolute atomic E-state index is 0.287. The lowest BCUT2D eigenvalue weighted by atomic mass is 9.84. The Morgan fingerprint density at radius 1 is 1.45 bits per heavy atom. The lowest BCUT2D eigenvalue weighted by Crippen LogP contribution is -2.31. The van der Waals surface area contributed by atoms with Crippen LogP contribution in [0.4, 0.5) is 0 Å². The van der Waals surface area contributed by atoms with Crippen molar-refractivity contribution in [1.82, 2.24) is 0 Å². The molecule has 0 saturated heterocycles. The fraction of sp³-hybridized carbons (Fsp3) is 0.800. The second-order valence-electron chi connectivity index (χ2n) is 4.44. The van der Waals surface area contributed by atoms with Crippen LogP contribution in [0, 0.1) is 5.41 Å². The Morgan fingerprint density at radius 3 is 2.45 bits per heavy atom. The molecule has 64 valence electrons. The van der Waals surface area contributed by atoms with Crippen LogP contribution in [0.3, 0.4) is 0 Å². The first kappa shape index (κ1) is 8.79. The number of hydrogen-bond acceptors (Lipinski definition) is 1. The Balaban J connectivity index is 2.58. The van der Waals surface area contributed by atoms with E-state index in [1.165, 1.54) is 5.57 Å². The molecule has 1 aliphatic rings. The van der Waals surface area contributed by atoms with Crippen molar-refractivity contribution in [3.8, 4) is 0 Å². The molecule has 0 bridgehead atoms. The van der Waals surface area contributed by atoms with E-state index in [9.17, 15) is 0 Å². The number of ether oxygens (including phenoxy) is 1. The van der Waals surface area contributed by atoms with Gasteiger partial charge in [-0.2, -0.15) is 0 Å². The first-order valence-corrected chi connectivity index (χ1v) is 4.27. The molecule has 0 saturated carbocycles. The van der Waals surface area contributed by atoms with E-state index >= 15 is 0 Å². The van der Waals surface area contributed by atoms with E-state index in [4.69, 9.17) is 4.74 Å². The minimum atomic E-state index is 0.287. The Labute approximate surface area is 69.4 Å². The maximum absolute atomic E-state index is 5.64. The van der Waals surface area contributed by atoms with Crippen molar-refractivity contribution in [3.05, 3.63) is 11.6 Å². The third kappa shape index (κ3) is 2.33. The molecule has 11 heavy (non-hydrogen) atoms. The highest BCUT2D eigenvalue weighted by atomic mass is 16.5. The molecule has 0 aromatic carbocycles. The standard InChI is InChI=1S/C10H18O/c1-8-5-6-11-9(7-8)10(2,3)4/h5,9H,6-7H2,1-4H3/t9-/m1/s1. The molecule has 1 rings (SSSR count). The molecule has 1 atom stereocenters. The number of rotatable bonds is 0. The summed E-state index contributed by atoms with van der Waals surface area (Å²) in [5, 5.41) is 0. The van der Waals surface area contributed by atoms with Crippen molar-refractivity contribution in [3.63, 3.8) is 0 Å². The fourth-order valence-electron chi connectivity index (χ4n) is 1.30. The van der Waals surface area contributed by atoms with Gasteiger partial charge in [-0.3, -0.25) is 0 Å². The second-order valence-corrected chi connectivity index (χ2v) is 4.44. The van der Waals surface area contributed by atoms with E-state index in [2.05, 4.69) is 33.8 Å². The third-order valence-electron chi connectivity index (χ3n) is 2.20. The highest BCUT2D eigenvalue weighted by Crippen LogP contribution is 2.29. The topological polar surface area (TPSA) is 9.23 Å². The zero-order chi connectivity index (χ0) is 8.48. The van der Waals surface area contributed by atoms with E-state index in [1.54, 1.807) is 0 Å². The average molecular weight is 154 g/mol. The molecule has 0 N–H and O–H groups in total. The van der Waals surface area contributed by atoms with Crippen LogP contribution in [0.25, 0.3) is 0 Å². The molecular weight excluding hydrogens is 136 g/mol. The smallest absolute Gasteiger partial charge is 0.0664 e. The Hall–Kier alpha value is -0.300. The highest BCUT2D eigenvalue weighted by molar-refractivity contribution is 5.04. The SMILES string of the molecule is CC1=CCO[C@@H](C(C)(C)C)C1. The predicted molar refractivity (Wildman–Crippen MR) is 47.6 cm³/mol. The third-order valence-corrected chi connectivity index (χ3v) is 2.20. The summed E-state index contributed by atoms with van der Waals surface area (Å²) in [6.45, 7) is 9.68. The molecule has 0 aromatic heterocycles. The van der Waals surface area contributed by atoms with Gasteiger partial charge in [0.25, 0.3) is 0 Å². The maximum atomic E-state index is 5.64. The quantitative estimate of drug-likeness (QED) is 0.487. The Kier molecular flexibility index (Phi) is 2.38. The molecule has 0 fully saturated rings. The summed E-state index contributed by atoms with van der Waals surface area (Å²) >= 11 is 0. The fourth-order valence-corrected chi connectivity index (χ4v) is 1.30. The number of hydrogen-bond donors (Lipinski definition) is 0. The van der Waals surface area contributed by atoms with E-state index in [0.717, 1.165) is 13.0 Å². The van der Waals surface area contributed by atoms with Gasteiger partial charge in [-0.1, -0.05) is 32.4 Å². The van der Waals surface area contributed by atoms with Gasteiger partial charge in [-0.05, 0) is 18.8 Å². The van der Waals surface area contributed by atoms with Crippen molar-refractivity contribution in [2.75, 3.05) is 6.61 Å². The van der Waals surface area contributed by atoms with Crippen LogP contribution in [-0.2, 0) is 4.74 Å². The lowest BCUT2D eigenvalue weighted by molar-refractivity contribution is -0.0105. The Bertz CT molecular complexity index is 162.